The van der Waals surface area contributed by atoms with Gasteiger partial charge >= 0.3 is 0 Å². The molecule has 0 unspecified atom stereocenters. The molecule has 0 aliphatic heterocycles. The molecular formula is C22H22FN3O5S2. The molecule has 0 heterocycles. The van der Waals surface area contributed by atoms with E-state index in [2.05, 4.69) is 10.0 Å². The summed E-state index contributed by atoms with van der Waals surface area (Å²) in [4.78, 5) is 12.5. The highest BCUT2D eigenvalue weighted by Gasteiger charge is 2.19. The molecular weight excluding hydrogens is 469 g/mol. The number of nitrogens with one attached hydrogen (secondary N) is 2. The van der Waals surface area contributed by atoms with Crippen LogP contribution in [0.2, 0.25) is 0 Å². The van der Waals surface area contributed by atoms with E-state index in [4.69, 9.17) is 5.14 Å². The Morgan fingerprint density at radius 3 is 2.21 bits per heavy atom. The molecule has 3 aromatic rings. The summed E-state index contributed by atoms with van der Waals surface area (Å²) in [5.74, 6) is -1.19. The SMILES string of the molecule is Cc1ccc(S(=O)(=O)Nc2ccccc2F)cc1C(=O)NCCc1ccc(S(N)(=O)=O)cc1. The summed E-state index contributed by atoms with van der Waals surface area (Å²) in [6, 6.07) is 15.4. The van der Waals surface area contributed by atoms with Crippen LogP contribution < -0.4 is 15.2 Å². The third-order valence-corrected chi connectivity index (χ3v) is 7.13. The van der Waals surface area contributed by atoms with Crippen LogP contribution in [-0.4, -0.2) is 29.3 Å². The topological polar surface area (TPSA) is 135 Å². The number of carbonyl (C=O) groups is 1. The normalized spacial score (nSPS) is 11.7. The van der Waals surface area contributed by atoms with Crippen LogP contribution in [0.25, 0.3) is 0 Å². The van der Waals surface area contributed by atoms with Crippen molar-refractivity contribution in [3.8, 4) is 0 Å². The summed E-state index contributed by atoms with van der Waals surface area (Å²) in [5.41, 5.74) is 1.31. The number of halogens is 1. The van der Waals surface area contributed by atoms with Gasteiger partial charge in [-0.15, -0.1) is 0 Å². The summed E-state index contributed by atoms with van der Waals surface area (Å²) in [6.45, 7) is 1.90. The van der Waals surface area contributed by atoms with E-state index in [1.54, 1.807) is 19.1 Å². The average molecular weight is 492 g/mol. The number of amides is 1. The Bertz CT molecular complexity index is 1390. The van der Waals surface area contributed by atoms with Gasteiger partial charge in [-0.05, 0) is 60.9 Å². The molecule has 11 heteroatoms. The Balaban J connectivity index is 1.69. The summed E-state index contributed by atoms with van der Waals surface area (Å²) in [5, 5.41) is 7.78. The summed E-state index contributed by atoms with van der Waals surface area (Å²) < 4.78 is 64.0. The van der Waals surface area contributed by atoms with Gasteiger partial charge in [-0.2, -0.15) is 0 Å². The van der Waals surface area contributed by atoms with Crippen LogP contribution in [0, 0.1) is 12.7 Å². The lowest BCUT2D eigenvalue weighted by molar-refractivity contribution is 0.0953. The van der Waals surface area contributed by atoms with E-state index in [9.17, 15) is 26.0 Å². The molecule has 33 heavy (non-hydrogen) atoms. The van der Waals surface area contributed by atoms with Crippen molar-refractivity contribution in [3.05, 3.63) is 89.2 Å². The minimum atomic E-state index is -4.12. The van der Waals surface area contributed by atoms with Crippen LogP contribution >= 0.6 is 0 Å². The zero-order valence-corrected chi connectivity index (χ0v) is 19.2. The number of hydrogen-bond acceptors (Lipinski definition) is 5. The number of hydrogen-bond donors (Lipinski definition) is 3. The largest absolute Gasteiger partial charge is 0.352 e. The third kappa shape index (κ3) is 6.15. The molecule has 174 valence electrons. The van der Waals surface area contributed by atoms with Crippen molar-refractivity contribution in [2.75, 3.05) is 11.3 Å². The summed E-state index contributed by atoms with van der Waals surface area (Å²) >= 11 is 0. The van der Waals surface area contributed by atoms with E-state index >= 15 is 0 Å². The first-order valence-corrected chi connectivity index (χ1v) is 12.8. The minimum absolute atomic E-state index is 0.00655. The molecule has 0 spiro atoms. The Labute approximate surface area is 191 Å². The van der Waals surface area contributed by atoms with Gasteiger partial charge in [-0.1, -0.05) is 30.3 Å². The molecule has 0 atom stereocenters. The van der Waals surface area contributed by atoms with Gasteiger partial charge in [-0.3, -0.25) is 9.52 Å². The third-order valence-electron chi connectivity index (χ3n) is 4.83. The fourth-order valence-corrected chi connectivity index (χ4v) is 4.63. The van der Waals surface area contributed by atoms with E-state index < -0.39 is 31.8 Å². The number of anilines is 1. The van der Waals surface area contributed by atoms with Crippen LogP contribution in [0.15, 0.2) is 76.5 Å². The molecule has 0 aliphatic carbocycles. The highest BCUT2D eigenvalue weighted by molar-refractivity contribution is 7.92. The van der Waals surface area contributed by atoms with E-state index in [1.807, 2.05) is 0 Å². The van der Waals surface area contributed by atoms with Gasteiger partial charge < -0.3 is 5.32 Å². The Morgan fingerprint density at radius 1 is 0.939 bits per heavy atom. The summed E-state index contributed by atoms with van der Waals surface area (Å²) in [7, 11) is -7.90. The second-order valence-corrected chi connectivity index (χ2v) is 10.5. The van der Waals surface area contributed by atoms with Gasteiger partial charge in [0.05, 0.1) is 15.5 Å². The Hall–Kier alpha value is -3.28. The average Bonchev–Trinajstić information content (AvgIpc) is 2.75. The standard InChI is InChI=1S/C22H22FN3O5S2/c1-15-6-9-18(33(30,31)26-21-5-3-2-4-20(21)23)14-19(15)22(27)25-13-12-16-7-10-17(11-8-16)32(24,28)29/h2-11,14,26H,12-13H2,1H3,(H,25,27)(H2,24,28,29). The second kappa shape index (κ2) is 9.69. The van der Waals surface area contributed by atoms with Crippen molar-refractivity contribution >= 4 is 31.6 Å². The molecule has 0 radical (unpaired) electrons. The highest BCUT2D eigenvalue weighted by atomic mass is 32.2. The molecule has 0 aliphatic rings. The van der Waals surface area contributed by atoms with Gasteiger partial charge in [-0.25, -0.2) is 26.4 Å². The molecule has 8 nitrogen and oxygen atoms in total. The number of primary sulfonamides is 1. The molecule has 0 aromatic heterocycles. The van der Waals surface area contributed by atoms with Gasteiger partial charge in [0.2, 0.25) is 10.0 Å². The van der Waals surface area contributed by atoms with Gasteiger partial charge in [0.1, 0.15) is 5.82 Å². The number of sulfonamides is 2. The van der Waals surface area contributed by atoms with Gasteiger partial charge in [0.25, 0.3) is 15.9 Å². The molecule has 0 saturated carbocycles. The highest BCUT2D eigenvalue weighted by Crippen LogP contribution is 2.21. The van der Waals surface area contributed by atoms with Crippen molar-refractivity contribution in [1.29, 1.82) is 0 Å². The lowest BCUT2D eigenvalue weighted by Crippen LogP contribution is -2.27. The second-order valence-electron chi connectivity index (χ2n) is 7.26. The Morgan fingerprint density at radius 2 is 1.58 bits per heavy atom. The maximum Gasteiger partial charge on any atom is 0.262 e. The lowest BCUT2D eigenvalue weighted by Gasteiger charge is -2.12. The first-order chi connectivity index (χ1) is 15.5. The molecule has 0 fully saturated rings. The van der Waals surface area contributed by atoms with Crippen LogP contribution in [-0.2, 0) is 26.5 Å². The Kier molecular flexibility index (Phi) is 7.15. The maximum atomic E-state index is 13.8. The van der Waals surface area contributed by atoms with Crippen LogP contribution in [0.4, 0.5) is 10.1 Å². The summed E-state index contributed by atoms with van der Waals surface area (Å²) in [6.07, 6.45) is 0.419. The zero-order chi connectivity index (χ0) is 24.2. The molecule has 3 rings (SSSR count). The van der Waals surface area contributed by atoms with E-state index in [-0.39, 0.29) is 27.6 Å². The molecule has 4 N–H and O–H groups in total. The van der Waals surface area contributed by atoms with Gasteiger partial charge in [0, 0.05) is 12.1 Å². The lowest BCUT2D eigenvalue weighted by atomic mass is 10.1. The first-order valence-electron chi connectivity index (χ1n) is 9.75. The quantitative estimate of drug-likeness (QED) is 0.445. The molecule has 1 amide bonds. The molecule has 3 aromatic carbocycles. The van der Waals surface area contributed by atoms with Crippen LogP contribution in [0.1, 0.15) is 21.5 Å². The van der Waals surface area contributed by atoms with Crippen molar-refractivity contribution in [3.63, 3.8) is 0 Å². The van der Waals surface area contributed by atoms with Crippen molar-refractivity contribution in [1.82, 2.24) is 5.32 Å². The van der Waals surface area contributed by atoms with Gasteiger partial charge in [0.15, 0.2) is 0 Å². The zero-order valence-electron chi connectivity index (χ0n) is 17.6. The first kappa shape index (κ1) is 24.4. The number of para-hydroxylation sites is 1. The number of benzene rings is 3. The predicted octanol–water partition coefficient (Wildman–Crippen LogP) is 2.55. The fourth-order valence-electron chi connectivity index (χ4n) is 3.02. The number of carbonyl (C=O) groups excluding carboxylic acids is 1. The van der Waals surface area contributed by atoms with Crippen molar-refractivity contribution in [2.24, 2.45) is 5.14 Å². The van der Waals surface area contributed by atoms with Crippen molar-refractivity contribution < 1.29 is 26.0 Å². The number of nitrogens with two attached hydrogens (primary N) is 1. The molecule has 0 saturated heterocycles. The van der Waals surface area contributed by atoms with Crippen molar-refractivity contribution in [2.45, 2.75) is 23.1 Å². The smallest absolute Gasteiger partial charge is 0.262 e. The predicted molar refractivity (Wildman–Crippen MR) is 122 cm³/mol. The number of aryl methyl sites for hydroxylation is 1. The van der Waals surface area contributed by atoms with E-state index in [0.717, 1.165) is 11.6 Å². The van der Waals surface area contributed by atoms with E-state index in [1.165, 1.54) is 48.5 Å². The fraction of sp³-hybridized carbons (Fsp3) is 0.136. The maximum absolute atomic E-state index is 13.8. The monoisotopic (exact) mass is 491 g/mol. The van der Waals surface area contributed by atoms with Crippen LogP contribution in [0.5, 0.6) is 0 Å². The molecule has 0 bridgehead atoms. The minimum Gasteiger partial charge on any atom is -0.352 e. The van der Waals surface area contributed by atoms with E-state index in [0.29, 0.717) is 12.0 Å². The van der Waals surface area contributed by atoms with Crippen LogP contribution in [0.3, 0.4) is 0 Å². The number of rotatable bonds is 8.